The van der Waals surface area contributed by atoms with Gasteiger partial charge in [0.15, 0.2) is 6.61 Å². The molecule has 0 aromatic heterocycles. The Morgan fingerprint density at radius 1 is 1.13 bits per heavy atom. The van der Waals surface area contributed by atoms with E-state index in [0.717, 1.165) is 18.8 Å². The first-order chi connectivity index (χ1) is 11.1. The smallest absolute Gasteiger partial charge is 0.262 e. The van der Waals surface area contributed by atoms with E-state index in [1.165, 1.54) is 0 Å². The molecule has 0 aliphatic carbocycles. The molecule has 0 bridgehead atoms. The Morgan fingerprint density at radius 3 is 2.48 bits per heavy atom. The van der Waals surface area contributed by atoms with E-state index in [1.54, 1.807) is 6.07 Å². The maximum absolute atomic E-state index is 12.2. The number of anilines is 3. The molecule has 0 spiro atoms. The molecule has 0 saturated heterocycles. The van der Waals surface area contributed by atoms with Crippen LogP contribution in [0, 0.1) is 0 Å². The lowest BCUT2D eigenvalue weighted by molar-refractivity contribution is -0.118. The van der Waals surface area contributed by atoms with Crippen LogP contribution in [0.25, 0.3) is 0 Å². The van der Waals surface area contributed by atoms with E-state index in [2.05, 4.69) is 24.1 Å². The van der Waals surface area contributed by atoms with Crippen molar-refractivity contribution >= 4 is 23.0 Å². The molecular weight excluding hydrogens is 290 g/mol. The Balaban J connectivity index is 2.06. The minimum Gasteiger partial charge on any atom is -0.484 e. The monoisotopic (exact) mass is 313 g/mol. The van der Waals surface area contributed by atoms with Crippen molar-refractivity contribution in [2.45, 2.75) is 13.8 Å². The number of rotatable bonds is 7. The zero-order chi connectivity index (χ0) is 16.7. The van der Waals surface area contributed by atoms with Gasteiger partial charge in [-0.25, -0.2) is 0 Å². The third kappa shape index (κ3) is 4.64. The van der Waals surface area contributed by atoms with Crippen LogP contribution < -0.4 is 20.7 Å². The zero-order valence-corrected chi connectivity index (χ0v) is 13.6. The molecule has 0 unspecified atom stereocenters. The predicted molar refractivity (Wildman–Crippen MR) is 95.0 cm³/mol. The molecule has 2 aromatic carbocycles. The van der Waals surface area contributed by atoms with Gasteiger partial charge in [-0.3, -0.25) is 4.79 Å². The molecule has 1 amide bonds. The largest absolute Gasteiger partial charge is 0.484 e. The lowest BCUT2D eigenvalue weighted by Gasteiger charge is -2.24. The van der Waals surface area contributed by atoms with Gasteiger partial charge in [0.05, 0.1) is 11.4 Å². The predicted octanol–water partition coefficient (Wildman–Crippen LogP) is 3.13. The molecule has 3 N–H and O–H groups in total. The summed E-state index contributed by atoms with van der Waals surface area (Å²) >= 11 is 0. The molecule has 2 aromatic rings. The molecule has 0 atom stereocenters. The standard InChI is InChI=1S/C18H23N3O2/c1-3-21(4-2)17-11-10-14(19)12-16(17)20-18(22)13-23-15-8-6-5-7-9-15/h5-12H,3-4,13,19H2,1-2H3,(H,20,22). The molecule has 5 nitrogen and oxygen atoms in total. The minimum atomic E-state index is -0.215. The van der Waals surface area contributed by atoms with Crippen LogP contribution in [0.5, 0.6) is 5.75 Å². The summed E-state index contributed by atoms with van der Waals surface area (Å²) in [4.78, 5) is 14.3. The fourth-order valence-corrected chi connectivity index (χ4v) is 2.35. The Hall–Kier alpha value is -2.69. The summed E-state index contributed by atoms with van der Waals surface area (Å²) in [5.41, 5.74) is 8.12. The van der Waals surface area contributed by atoms with Gasteiger partial charge in [0.1, 0.15) is 5.75 Å². The third-order valence-corrected chi connectivity index (χ3v) is 3.51. The molecule has 5 heteroatoms. The SMILES string of the molecule is CCN(CC)c1ccc(N)cc1NC(=O)COc1ccccc1. The van der Waals surface area contributed by atoms with Crippen molar-refractivity contribution in [3.05, 3.63) is 48.5 Å². The summed E-state index contributed by atoms with van der Waals surface area (Å²) in [5.74, 6) is 0.451. The lowest BCUT2D eigenvalue weighted by atomic mass is 10.2. The highest BCUT2D eigenvalue weighted by molar-refractivity contribution is 5.96. The fourth-order valence-electron chi connectivity index (χ4n) is 2.35. The van der Waals surface area contributed by atoms with Crippen LogP contribution in [0.2, 0.25) is 0 Å². The number of nitrogens with one attached hydrogen (secondary N) is 1. The summed E-state index contributed by atoms with van der Waals surface area (Å²) < 4.78 is 5.47. The van der Waals surface area contributed by atoms with Gasteiger partial charge in [-0.1, -0.05) is 18.2 Å². The van der Waals surface area contributed by atoms with Gasteiger partial charge in [-0.2, -0.15) is 0 Å². The van der Waals surface area contributed by atoms with Crippen molar-refractivity contribution in [1.82, 2.24) is 0 Å². The number of ether oxygens (including phenoxy) is 1. The van der Waals surface area contributed by atoms with Gasteiger partial charge >= 0.3 is 0 Å². The first kappa shape index (κ1) is 16.7. The van der Waals surface area contributed by atoms with Crippen molar-refractivity contribution in [2.75, 3.05) is 35.6 Å². The van der Waals surface area contributed by atoms with Crippen LogP contribution in [-0.2, 0) is 4.79 Å². The van der Waals surface area contributed by atoms with E-state index in [0.29, 0.717) is 17.1 Å². The Bertz CT molecular complexity index is 640. The second-order valence-corrected chi connectivity index (χ2v) is 5.10. The second kappa shape index (κ2) is 8.08. The van der Waals surface area contributed by atoms with Crippen molar-refractivity contribution in [3.8, 4) is 5.75 Å². The van der Waals surface area contributed by atoms with E-state index < -0.39 is 0 Å². The summed E-state index contributed by atoms with van der Waals surface area (Å²) in [7, 11) is 0. The van der Waals surface area contributed by atoms with E-state index >= 15 is 0 Å². The van der Waals surface area contributed by atoms with Gasteiger partial charge in [0, 0.05) is 18.8 Å². The van der Waals surface area contributed by atoms with Gasteiger partial charge in [-0.15, -0.1) is 0 Å². The number of nitrogens with zero attached hydrogens (tertiary/aromatic N) is 1. The number of hydrogen-bond donors (Lipinski definition) is 2. The molecule has 0 radical (unpaired) electrons. The van der Waals surface area contributed by atoms with Crippen LogP contribution in [0.4, 0.5) is 17.1 Å². The topological polar surface area (TPSA) is 67.6 Å². The van der Waals surface area contributed by atoms with Gasteiger partial charge in [-0.05, 0) is 44.2 Å². The van der Waals surface area contributed by atoms with Crippen LogP contribution >= 0.6 is 0 Å². The van der Waals surface area contributed by atoms with E-state index in [9.17, 15) is 4.79 Å². The Labute approximate surface area is 137 Å². The van der Waals surface area contributed by atoms with Crippen molar-refractivity contribution in [3.63, 3.8) is 0 Å². The highest BCUT2D eigenvalue weighted by Gasteiger charge is 2.12. The summed E-state index contributed by atoms with van der Waals surface area (Å²) in [6.07, 6.45) is 0. The molecule has 122 valence electrons. The molecule has 0 saturated carbocycles. The van der Waals surface area contributed by atoms with Crippen LogP contribution in [0.1, 0.15) is 13.8 Å². The first-order valence-corrected chi connectivity index (χ1v) is 7.76. The Morgan fingerprint density at radius 2 is 1.83 bits per heavy atom. The molecule has 2 rings (SSSR count). The average molecular weight is 313 g/mol. The second-order valence-electron chi connectivity index (χ2n) is 5.10. The maximum atomic E-state index is 12.2. The number of benzene rings is 2. The average Bonchev–Trinajstić information content (AvgIpc) is 2.57. The molecule has 0 heterocycles. The minimum absolute atomic E-state index is 0.0451. The summed E-state index contributed by atoms with van der Waals surface area (Å²) in [6, 6.07) is 14.8. The normalized spacial score (nSPS) is 10.2. The molecule has 0 aliphatic rings. The zero-order valence-electron chi connectivity index (χ0n) is 13.6. The number of nitrogen functional groups attached to an aromatic ring is 1. The van der Waals surface area contributed by atoms with Crippen LogP contribution in [-0.4, -0.2) is 25.6 Å². The van der Waals surface area contributed by atoms with Gasteiger partial charge in [0.2, 0.25) is 0 Å². The van der Waals surface area contributed by atoms with E-state index in [1.807, 2.05) is 42.5 Å². The number of carbonyl (C=O) groups excluding carboxylic acids is 1. The lowest BCUT2D eigenvalue weighted by Crippen LogP contribution is -2.26. The van der Waals surface area contributed by atoms with Gasteiger partial charge < -0.3 is 20.7 Å². The summed E-state index contributed by atoms with van der Waals surface area (Å²) in [6.45, 7) is 5.80. The molecule has 23 heavy (non-hydrogen) atoms. The highest BCUT2D eigenvalue weighted by atomic mass is 16.5. The van der Waals surface area contributed by atoms with Gasteiger partial charge in [0.25, 0.3) is 5.91 Å². The molecular formula is C18H23N3O2. The van der Waals surface area contributed by atoms with E-state index in [4.69, 9.17) is 10.5 Å². The molecule has 0 fully saturated rings. The Kier molecular flexibility index (Phi) is 5.86. The highest BCUT2D eigenvalue weighted by Crippen LogP contribution is 2.28. The third-order valence-electron chi connectivity index (χ3n) is 3.51. The number of para-hydroxylation sites is 1. The van der Waals surface area contributed by atoms with Crippen molar-refractivity contribution < 1.29 is 9.53 Å². The first-order valence-electron chi connectivity index (χ1n) is 7.76. The van der Waals surface area contributed by atoms with Crippen molar-refractivity contribution in [2.24, 2.45) is 0 Å². The number of amides is 1. The molecule has 0 aliphatic heterocycles. The van der Waals surface area contributed by atoms with E-state index in [-0.39, 0.29) is 12.5 Å². The fraction of sp³-hybridized carbons (Fsp3) is 0.278. The quantitative estimate of drug-likeness (QED) is 0.771. The van der Waals surface area contributed by atoms with Crippen LogP contribution in [0.15, 0.2) is 48.5 Å². The van der Waals surface area contributed by atoms with Crippen molar-refractivity contribution in [1.29, 1.82) is 0 Å². The number of nitrogens with two attached hydrogens (primary N) is 1. The summed E-state index contributed by atoms with van der Waals surface area (Å²) in [5, 5.41) is 2.89. The number of hydrogen-bond acceptors (Lipinski definition) is 4. The maximum Gasteiger partial charge on any atom is 0.262 e. The van der Waals surface area contributed by atoms with Crippen LogP contribution in [0.3, 0.4) is 0 Å². The number of carbonyl (C=O) groups is 1.